The van der Waals surface area contributed by atoms with Crippen LogP contribution in [0.3, 0.4) is 0 Å². The number of rotatable bonds is 8. The highest BCUT2D eigenvalue weighted by atomic mass is 32.2. The van der Waals surface area contributed by atoms with E-state index >= 15 is 0 Å². The fourth-order valence-corrected chi connectivity index (χ4v) is 9.19. The summed E-state index contributed by atoms with van der Waals surface area (Å²) in [5.74, 6) is -1.65. The largest absolute Gasteiger partial charge is 0.421 e. The number of aryl methyl sites for hydroxylation is 2. The van der Waals surface area contributed by atoms with Gasteiger partial charge in [-0.1, -0.05) is 19.9 Å². The molecule has 9 nitrogen and oxygen atoms in total. The molecule has 12 heteroatoms. The Hall–Kier alpha value is -3.25. The van der Waals surface area contributed by atoms with Gasteiger partial charge < -0.3 is 14.1 Å². The van der Waals surface area contributed by atoms with Crippen molar-refractivity contribution in [2.24, 2.45) is 11.8 Å². The molecule has 1 amide bonds. The van der Waals surface area contributed by atoms with Crippen LogP contribution < -0.4 is 0 Å². The fraction of sp³-hybridized carbons (Fsp3) is 0.562. The van der Waals surface area contributed by atoms with Gasteiger partial charge in [0.25, 0.3) is 0 Å². The number of pyridine rings is 1. The Labute approximate surface area is 256 Å². The molecule has 2 atom stereocenters. The van der Waals surface area contributed by atoms with Crippen molar-refractivity contribution in [2.75, 3.05) is 32.1 Å². The molecule has 3 aliphatic heterocycles. The number of aromatic nitrogens is 3. The fourth-order valence-electron chi connectivity index (χ4n) is 6.89. The van der Waals surface area contributed by atoms with Gasteiger partial charge in [-0.2, -0.15) is 0 Å². The number of likely N-dealkylation sites (tertiary alicyclic amines) is 1. The Kier molecular flexibility index (Phi) is 8.58. The highest BCUT2D eigenvalue weighted by Gasteiger charge is 2.45. The van der Waals surface area contributed by atoms with Gasteiger partial charge in [0.2, 0.25) is 17.7 Å². The quantitative estimate of drug-likeness (QED) is 0.336. The Morgan fingerprint density at radius 2 is 1.89 bits per heavy atom. The zero-order valence-electron chi connectivity index (χ0n) is 25.3. The molecular formula is C32H38F2N4O5S. The maximum absolute atomic E-state index is 13.9. The maximum atomic E-state index is 13.9. The zero-order valence-corrected chi connectivity index (χ0v) is 26.1. The molecule has 5 heterocycles. The van der Waals surface area contributed by atoms with E-state index in [1.807, 2.05) is 13.8 Å². The van der Waals surface area contributed by atoms with Crippen LogP contribution in [0.5, 0.6) is 0 Å². The van der Waals surface area contributed by atoms with Gasteiger partial charge in [0.05, 0.1) is 34.0 Å². The number of amides is 1. The van der Waals surface area contributed by atoms with Crippen LogP contribution in [-0.4, -0.2) is 66.5 Å². The number of nitrogens with zero attached hydrogens (tertiary/aromatic N) is 4. The van der Waals surface area contributed by atoms with Gasteiger partial charge in [-0.25, -0.2) is 17.2 Å². The zero-order chi connectivity index (χ0) is 31.2. The number of hydrogen-bond acceptors (Lipinski definition) is 8. The molecule has 1 aromatic carbocycles. The summed E-state index contributed by atoms with van der Waals surface area (Å²) < 4.78 is 66.6. The van der Waals surface area contributed by atoms with Crippen molar-refractivity contribution < 1.29 is 31.1 Å². The second-order valence-electron chi connectivity index (χ2n) is 12.7. The first-order valence-electron chi connectivity index (χ1n) is 15.4. The topological polar surface area (TPSA) is 115 Å². The van der Waals surface area contributed by atoms with Gasteiger partial charge >= 0.3 is 0 Å². The lowest BCUT2D eigenvalue weighted by Crippen LogP contribution is -2.30. The van der Waals surface area contributed by atoms with Crippen LogP contribution in [0.4, 0.5) is 8.78 Å². The van der Waals surface area contributed by atoms with Gasteiger partial charge in [0.1, 0.15) is 0 Å². The molecule has 0 radical (unpaired) electrons. The van der Waals surface area contributed by atoms with E-state index in [1.54, 1.807) is 11.8 Å². The summed E-state index contributed by atoms with van der Waals surface area (Å²) in [5, 5.41) is 8.40. The second kappa shape index (κ2) is 12.3. The first kappa shape index (κ1) is 30.8. The predicted molar refractivity (Wildman–Crippen MR) is 158 cm³/mol. The number of carbonyl (C=O) groups excluding carboxylic acids is 1. The monoisotopic (exact) mass is 628 g/mol. The summed E-state index contributed by atoms with van der Waals surface area (Å²) in [5.41, 5.74) is 2.92. The molecule has 2 aromatic heterocycles. The molecule has 2 fully saturated rings. The highest BCUT2D eigenvalue weighted by Crippen LogP contribution is 2.48. The van der Waals surface area contributed by atoms with Crippen molar-refractivity contribution in [3.63, 3.8) is 0 Å². The number of halogens is 2. The van der Waals surface area contributed by atoms with Crippen molar-refractivity contribution in [1.29, 1.82) is 0 Å². The Morgan fingerprint density at radius 3 is 2.57 bits per heavy atom. The minimum Gasteiger partial charge on any atom is -0.421 e. The van der Waals surface area contributed by atoms with Gasteiger partial charge in [0.15, 0.2) is 21.5 Å². The van der Waals surface area contributed by atoms with E-state index in [2.05, 4.69) is 10.2 Å². The van der Waals surface area contributed by atoms with Gasteiger partial charge in [-0.3, -0.25) is 9.78 Å². The van der Waals surface area contributed by atoms with E-state index < -0.39 is 21.5 Å². The Bertz CT molecular complexity index is 1670. The van der Waals surface area contributed by atoms with E-state index in [0.29, 0.717) is 53.6 Å². The van der Waals surface area contributed by atoms with Crippen LogP contribution in [0, 0.1) is 30.4 Å². The van der Waals surface area contributed by atoms with Crippen LogP contribution in [0.1, 0.15) is 79.8 Å². The molecule has 0 saturated carbocycles. The highest BCUT2D eigenvalue weighted by molar-refractivity contribution is 7.91. The van der Waals surface area contributed by atoms with E-state index in [-0.39, 0.29) is 53.2 Å². The number of fused-ring (bicyclic) bond motifs is 1. The van der Waals surface area contributed by atoms with Crippen molar-refractivity contribution in [3.05, 3.63) is 58.2 Å². The van der Waals surface area contributed by atoms with E-state index in [4.69, 9.17) is 14.1 Å². The molecule has 0 aliphatic carbocycles. The molecule has 6 rings (SSSR count). The van der Waals surface area contributed by atoms with Crippen LogP contribution in [0.15, 0.2) is 27.5 Å². The normalized spacial score (nSPS) is 21.7. The summed E-state index contributed by atoms with van der Waals surface area (Å²) in [7, 11) is -3.69. The van der Waals surface area contributed by atoms with Crippen molar-refractivity contribution in [3.8, 4) is 11.5 Å². The molecule has 3 aromatic rings. The Morgan fingerprint density at radius 1 is 1.11 bits per heavy atom. The third-order valence-corrected chi connectivity index (χ3v) is 11.2. The molecule has 44 heavy (non-hydrogen) atoms. The SMILES string of the molecule is Cc1nnc(-c2c(CCC3CCOCC3)nc3c(c2[C@@H]2CCN(C(=O)Cc4ccc(F)c(F)c4)C2)S(=O)(=O)C[C@H]3C(C)C)o1. The minimum absolute atomic E-state index is 0.0167. The third-order valence-electron chi connectivity index (χ3n) is 9.32. The Balaban J connectivity index is 1.42. The van der Waals surface area contributed by atoms with Crippen molar-refractivity contribution in [2.45, 2.75) is 76.0 Å². The number of ether oxygens (including phenoxy) is 1. The van der Waals surface area contributed by atoms with Crippen molar-refractivity contribution >= 4 is 15.7 Å². The number of sulfone groups is 1. The molecule has 0 N–H and O–H groups in total. The first-order chi connectivity index (χ1) is 21.0. The smallest absolute Gasteiger partial charge is 0.249 e. The molecule has 236 valence electrons. The maximum Gasteiger partial charge on any atom is 0.249 e. The minimum atomic E-state index is -3.69. The van der Waals surface area contributed by atoms with Crippen molar-refractivity contribution in [1.82, 2.24) is 20.1 Å². The molecule has 3 aliphatic rings. The summed E-state index contributed by atoms with van der Waals surface area (Å²) in [6, 6.07) is 3.45. The summed E-state index contributed by atoms with van der Waals surface area (Å²) in [4.78, 5) is 20.3. The summed E-state index contributed by atoms with van der Waals surface area (Å²) >= 11 is 0. The van der Waals surface area contributed by atoms with E-state index in [9.17, 15) is 22.0 Å². The average molecular weight is 629 g/mol. The third kappa shape index (κ3) is 6.02. The number of carbonyl (C=O) groups is 1. The molecular weight excluding hydrogens is 590 g/mol. The second-order valence-corrected chi connectivity index (χ2v) is 14.6. The first-order valence-corrected chi connectivity index (χ1v) is 17.1. The predicted octanol–water partition coefficient (Wildman–Crippen LogP) is 5.16. The van der Waals surface area contributed by atoms with Crippen LogP contribution >= 0.6 is 0 Å². The molecule has 0 bridgehead atoms. The van der Waals surface area contributed by atoms with Crippen LogP contribution in [0.25, 0.3) is 11.5 Å². The van der Waals surface area contributed by atoms with Gasteiger partial charge in [0, 0.05) is 45.1 Å². The lowest BCUT2D eigenvalue weighted by Gasteiger charge is -2.25. The number of hydrogen-bond donors (Lipinski definition) is 0. The molecule has 2 saturated heterocycles. The van der Waals surface area contributed by atoms with Gasteiger partial charge in [-0.15, -0.1) is 10.2 Å². The molecule has 0 spiro atoms. The number of benzene rings is 1. The average Bonchev–Trinajstić information content (AvgIpc) is 3.71. The lowest BCUT2D eigenvalue weighted by molar-refractivity contribution is -0.129. The lowest BCUT2D eigenvalue weighted by atomic mass is 9.85. The van der Waals surface area contributed by atoms with E-state index in [0.717, 1.165) is 50.3 Å². The summed E-state index contributed by atoms with van der Waals surface area (Å²) in [6.45, 7) is 7.86. The van der Waals surface area contributed by atoms with Crippen LogP contribution in [-0.2, 0) is 32.2 Å². The van der Waals surface area contributed by atoms with Crippen LogP contribution in [0.2, 0.25) is 0 Å². The molecule has 0 unspecified atom stereocenters. The van der Waals surface area contributed by atoms with Gasteiger partial charge in [-0.05, 0) is 67.2 Å². The summed E-state index contributed by atoms with van der Waals surface area (Å²) in [6.07, 6.45) is 3.87. The van der Waals surface area contributed by atoms with E-state index in [1.165, 1.54) is 6.07 Å². The standard InChI is InChI=1S/C32H38F2N4O5S/c1-18(2)23-17-44(40,41)31-28(22-8-11-38(16-22)27(39)15-21-4-6-24(33)25(34)14-21)29(32-37-36-19(3)43-32)26(35-30(23)31)7-5-20-9-12-42-13-10-20/h4,6,14,18,20,22-23H,5,7-13,15-17H2,1-3H3/t22-,23+/m1/s1.